The van der Waals surface area contributed by atoms with Crippen LogP contribution in [0.2, 0.25) is 0 Å². The molecule has 1 aromatic rings. The van der Waals surface area contributed by atoms with Crippen LogP contribution in [-0.4, -0.2) is 36.2 Å². The molecule has 1 saturated carbocycles. The maximum absolute atomic E-state index is 14.0. The van der Waals surface area contributed by atoms with Crippen molar-refractivity contribution in [2.75, 3.05) is 26.2 Å². The van der Waals surface area contributed by atoms with Crippen LogP contribution in [0.5, 0.6) is 5.75 Å². The number of halogens is 4. The molecule has 0 radical (unpaired) electrons. The molecule has 0 aromatic heterocycles. The maximum atomic E-state index is 14.0. The van der Waals surface area contributed by atoms with Gasteiger partial charge in [-0.1, -0.05) is 12.5 Å². The Morgan fingerprint density at radius 3 is 2.41 bits per heavy atom. The van der Waals surface area contributed by atoms with E-state index >= 15 is 0 Å². The van der Waals surface area contributed by atoms with E-state index < -0.39 is 5.82 Å². The number of nitrogens with one attached hydrogen (secondary N) is 1. The summed E-state index contributed by atoms with van der Waals surface area (Å²) in [7, 11) is 0. The summed E-state index contributed by atoms with van der Waals surface area (Å²) in [5, 5.41) is 13.5. The van der Waals surface area contributed by atoms with Gasteiger partial charge in [-0.2, -0.15) is 0 Å². The van der Waals surface area contributed by atoms with Crippen molar-refractivity contribution in [2.24, 2.45) is 5.92 Å². The van der Waals surface area contributed by atoms with Gasteiger partial charge in [-0.3, -0.25) is 4.90 Å². The van der Waals surface area contributed by atoms with Crippen molar-refractivity contribution >= 4 is 40.7 Å². The molecule has 2 aliphatic rings. The van der Waals surface area contributed by atoms with Gasteiger partial charge in [0.25, 0.3) is 0 Å². The van der Waals surface area contributed by atoms with Gasteiger partial charge in [0.2, 0.25) is 0 Å². The topological polar surface area (TPSA) is 35.5 Å². The lowest BCUT2D eigenvalue weighted by Crippen LogP contribution is -2.47. The number of nitrogens with zero attached hydrogens (tertiary/aromatic N) is 1. The molecular weight excluding hydrogens is 394 g/mol. The Labute approximate surface area is 151 Å². The average Bonchev–Trinajstić information content (AvgIpc) is 2.42. The largest absolute Gasteiger partial charge is 0.505 e. The molecule has 0 bridgehead atoms. The van der Waals surface area contributed by atoms with Crippen molar-refractivity contribution in [1.29, 1.82) is 0 Å². The number of piperazine rings is 1. The number of rotatable bonds is 3. The smallest absolute Gasteiger partial charge is 0.179 e. The first-order valence-electron chi connectivity index (χ1n) is 7.30. The molecular formula is C15H22BrCl2FN2O. The Balaban J connectivity index is 0.00000121. The summed E-state index contributed by atoms with van der Waals surface area (Å²) in [5.74, 6) is -0.184. The van der Waals surface area contributed by atoms with E-state index in [4.69, 9.17) is 0 Å². The highest BCUT2D eigenvalue weighted by atomic mass is 79.9. The molecule has 0 unspecified atom stereocenters. The molecule has 3 rings (SSSR count). The van der Waals surface area contributed by atoms with E-state index in [1.807, 2.05) is 6.07 Å². The highest BCUT2D eigenvalue weighted by molar-refractivity contribution is 9.10. The predicted octanol–water partition coefficient (Wildman–Crippen LogP) is 3.88. The van der Waals surface area contributed by atoms with Gasteiger partial charge < -0.3 is 10.4 Å². The molecule has 1 aliphatic carbocycles. The molecule has 1 saturated heterocycles. The van der Waals surface area contributed by atoms with Gasteiger partial charge >= 0.3 is 0 Å². The van der Waals surface area contributed by atoms with Crippen LogP contribution in [-0.2, 0) is 0 Å². The van der Waals surface area contributed by atoms with E-state index in [2.05, 4.69) is 26.1 Å². The summed E-state index contributed by atoms with van der Waals surface area (Å²) >= 11 is 3.13. The summed E-state index contributed by atoms with van der Waals surface area (Å²) in [5.41, 5.74) is 0.748. The van der Waals surface area contributed by atoms with Gasteiger partial charge in [-0.15, -0.1) is 24.8 Å². The van der Waals surface area contributed by atoms with Crippen molar-refractivity contribution in [3.05, 3.63) is 28.0 Å². The molecule has 1 aliphatic heterocycles. The van der Waals surface area contributed by atoms with E-state index in [1.165, 1.54) is 19.3 Å². The quantitative estimate of drug-likeness (QED) is 0.786. The molecule has 1 atom stereocenters. The minimum atomic E-state index is -0.540. The van der Waals surface area contributed by atoms with Crippen LogP contribution in [0.15, 0.2) is 16.6 Å². The lowest BCUT2D eigenvalue weighted by Gasteiger charge is -2.43. The van der Waals surface area contributed by atoms with Crippen LogP contribution < -0.4 is 5.32 Å². The summed E-state index contributed by atoms with van der Waals surface area (Å²) < 4.78 is 14.3. The molecule has 1 aromatic carbocycles. The third-order valence-electron chi connectivity index (χ3n) is 4.56. The second-order valence-corrected chi connectivity index (χ2v) is 6.58. The van der Waals surface area contributed by atoms with Crippen LogP contribution >= 0.6 is 40.7 Å². The molecule has 22 heavy (non-hydrogen) atoms. The van der Waals surface area contributed by atoms with Crippen molar-refractivity contribution in [3.63, 3.8) is 0 Å². The molecule has 1 heterocycles. The SMILES string of the molecule is Cl.Cl.Oc1c([C@@H](C2CCC2)N2CCNCC2)ccc(Br)c1F. The Bertz CT molecular complexity index is 497. The van der Waals surface area contributed by atoms with Crippen LogP contribution in [0.25, 0.3) is 0 Å². The van der Waals surface area contributed by atoms with Crippen molar-refractivity contribution in [1.82, 2.24) is 10.2 Å². The van der Waals surface area contributed by atoms with E-state index in [9.17, 15) is 9.50 Å². The molecule has 126 valence electrons. The number of benzene rings is 1. The van der Waals surface area contributed by atoms with Gasteiger partial charge in [0.15, 0.2) is 11.6 Å². The second-order valence-electron chi connectivity index (χ2n) is 5.72. The first kappa shape index (κ1) is 20.0. The zero-order valence-corrected chi connectivity index (χ0v) is 15.4. The monoisotopic (exact) mass is 414 g/mol. The fourth-order valence-electron chi connectivity index (χ4n) is 3.26. The lowest BCUT2D eigenvalue weighted by atomic mass is 9.76. The number of aromatic hydroxyl groups is 1. The molecule has 3 nitrogen and oxygen atoms in total. The predicted molar refractivity (Wildman–Crippen MR) is 94.8 cm³/mol. The number of hydrogen-bond donors (Lipinski definition) is 2. The second kappa shape index (κ2) is 8.69. The van der Waals surface area contributed by atoms with Gasteiger partial charge in [0.1, 0.15) is 0 Å². The highest BCUT2D eigenvalue weighted by Gasteiger charge is 2.35. The highest BCUT2D eigenvalue weighted by Crippen LogP contribution is 2.45. The minimum absolute atomic E-state index is 0. The van der Waals surface area contributed by atoms with E-state index in [0.29, 0.717) is 10.4 Å². The zero-order chi connectivity index (χ0) is 14.1. The zero-order valence-electron chi connectivity index (χ0n) is 12.2. The standard InChI is InChI=1S/C15H20BrFN2O.2ClH/c16-12-5-4-11(15(20)13(12)17)14(10-2-1-3-10)19-8-6-18-7-9-19;;/h4-5,10,14,18,20H,1-3,6-9H2;2*1H/t14-;;/m1../s1. The number of hydrogen-bond acceptors (Lipinski definition) is 3. The van der Waals surface area contributed by atoms with E-state index in [-0.39, 0.29) is 36.6 Å². The lowest BCUT2D eigenvalue weighted by molar-refractivity contribution is 0.0815. The third kappa shape index (κ3) is 3.88. The molecule has 2 N–H and O–H groups in total. The van der Waals surface area contributed by atoms with Crippen LogP contribution in [0, 0.1) is 11.7 Å². The van der Waals surface area contributed by atoms with Crippen LogP contribution in [0.4, 0.5) is 4.39 Å². The van der Waals surface area contributed by atoms with Crippen LogP contribution in [0.3, 0.4) is 0 Å². The van der Waals surface area contributed by atoms with E-state index in [0.717, 1.165) is 31.7 Å². The Morgan fingerprint density at radius 2 is 1.86 bits per heavy atom. The van der Waals surface area contributed by atoms with E-state index in [1.54, 1.807) is 6.07 Å². The number of phenols is 1. The minimum Gasteiger partial charge on any atom is -0.505 e. The summed E-state index contributed by atoms with van der Waals surface area (Å²) in [6, 6.07) is 3.72. The Morgan fingerprint density at radius 1 is 1.23 bits per heavy atom. The van der Waals surface area contributed by atoms with Gasteiger partial charge in [0.05, 0.1) is 4.47 Å². The summed E-state index contributed by atoms with van der Waals surface area (Å²) in [6.45, 7) is 3.84. The molecule has 0 spiro atoms. The molecule has 0 amide bonds. The van der Waals surface area contributed by atoms with Gasteiger partial charge in [0, 0.05) is 37.8 Å². The summed E-state index contributed by atoms with van der Waals surface area (Å²) in [6.07, 6.45) is 3.59. The normalized spacial score (nSPS) is 20.5. The summed E-state index contributed by atoms with van der Waals surface area (Å²) in [4.78, 5) is 2.39. The number of phenolic OH excluding ortho intramolecular Hbond substituents is 1. The van der Waals surface area contributed by atoms with Crippen molar-refractivity contribution in [3.8, 4) is 5.75 Å². The first-order chi connectivity index (χ1) is 9.68. The average molecular weight is 416 g/mol. The first-order valence-corrected chi connectivity index (χ1v) is 8.09. The molecule has 7 heteroatoms. The van der Waals surface area contributed by atoms with Crippen LogP contribution in [0.1, 0.15) is 30.9 Å². The molecule has 2 fully saturated rings. The third-order valence-corrected chi connectivity index (χ3v) is 5.17. The van der Waals surface area contributed by atoms with Crippen molar-refractivity contribution in [2.45, 2.75) is 25.3 Å². The van der Waals surface area contributed by atoms with Crippen molar-refractivity contribution < 1.29 is 9.50 Å². The fraction of sp³-hybridized carbons (Fsp3) is 0.600. The van der Waals surface area contributed by atoms with Gasteiger partial charge in [-0.25, -0.2) is 4.39 Å². The Kier molecular flexibility index (Phi) is 7.89. The maximum Gasteiger partial charge on any atom is 0.179 e. The van der Waals surface area contributed by atoms with Gasteiger partial charge in [-0.05, 0) is 40.8 Å². The fourth-order valence-corrected chi connectivity index (χ4v) is 3.58. The Hall–Kier alpha value is -0.0700.